The van der Waals surface area contributed by atoms with Crippen molar-refractivity contribution in [3.8, 4) is 0 Å². The maximum absolute atomic E-state index is 11.5. The molecule has 0 fully saturated rings. The van der Waals surface area contributed by atoms with Crippen LogP contribution in [0.25, 0.3) is 6.08 Å². The molecule has 1 unspecified atom stereocenters. The molecule has 0 spiro atoms. The normalized spacial score (nSPS) is 15.7. The van der Waals surface area contributed by atoms with E-state index in [0.29, 0.717) is 44.9 Å². The lowest BCUT2D eigenvalue weighted by molar-refractivity contribution is 0.561. The molecule has 1 atom stereocenters. The number of aliphatic imine (C=N–C) groups is 4. The SMILES string of the molecule is O=C=Nc1ccccc1C=CC1=CC=CC(=CC(c2ccccc2N=C=O)c2ccccc2N=C=O)C1N=C=O. The van der Waals surface area contributed by atoms with Gasteiger partial charge >= 0.3 is 0 Å². The molecule has 0 saturated carbocycles. The van der Waals surface area contributed by atoms with Crippen LogP contribution in [0.1, 0.15) is 22.6 Å². The molecule has 4 rings (SSSR count). The fourth-order valence-corrected chi connectivity index (χ4v) is 4.45. The summed E-state index contributed by atoms with van der Waals surface area (Å²) in [6.45, 7) is 0. The van der Waals surface area contributed by atoms with E-state index in [4.69, 9.17) is 0 Å². The van der Waals surface area contributed by atoms with Crippen LogP contribution in [0, 0.1) is 0 Å². The zero-order valence-corrected chi connectivity index (χ0v) is 21.0. The lowest BCUT2D eigenvalue weighted by Crippen LogP contribution is -2.14. The molecule has 0 heterocycles. The summed E-state index contributed by atoms with van der Waals surface area (Å²) in [5.74, 6) is -0.545. The number of isocyanates is 4. The Morgan fingerprint density at radius 3 is 1.80 bits per heavy atom. The first kappa shape index (κ1) is 27.2. The average molecular weight is 525 g/mol. The largest absolute Gasteiger partial charge is 0.240 e. The number of nitrogens with zero attached hydrogens (tertiary/aromatic N) is 4. The molecule has 0 amide bonds. The molecule has 0 radical (unpaired) electrons. The van der Waals surface area contributed by atoms with E-state index >= 15 is 0 Å². The topological polar surface area (TPSA) is 118 Å². The van der Waals surface area contributed by atoms with Gasteiger partial charge in [-0.05, 0) is 40.5 Å². The van der Waals surface area contributed by atoms with Crippen LogP contribution in [-0.2, 0) is 19.2 Å². The Morgan fingerprint density at radius 2 is 1.20 bits per heavy atom. The predicted molar refractivity (Wildman–Crippen MR) is 151 cm³/mol. The third kappa shape index (κ3) is 6.34. The summed E-state index contributed by atoms with van der Waals surface area (Å²) in [6, 6.07) is 20.4. The second kappa shape index (κ2) is 13.6. The highest BCUT2D eigenvalue weighted by Gasteiger charge is 2.24. The van der Waals surface area contributed by atoms with Crippen LogP contribution in [0.3, 0.4) is 0 Å². The molecule has 1 aliphatic carbocycles. The van der Waals surface area contributed by atoms with Crippen molar-refractivity contribution < 1.29 is 19.2 Å². The second-order valence-electron chi connectivity index (χ2n) is 8.41. The van der Waals surface area contributed by atoms with Crippen molar-refractivity contribution in [2.75, 3.05) is 0 Å². The van der Waals surface area contributed by atoms with Crippen LogP contribution in [0.2, 0.25) is 0 Å². The van der Waals surface area contributed by atoms with Crippen molar-refractivity contribution in [2.24, 2.45) is 20.0 Å². The summed E-state index contributed by atoms with van der Waals surface area (Å²) in [6.07, 6.45) is 17.3. The molecule has 192 valence electrons. The first-order valence-corrected chi connectivity index (χ1v) is 12.1. The molecule has 0 aromatic heterocycles. The number of hydrogen-bond donors (Lipinski definition) is 0. The van der Waals surface area contributed by atoms with E-state index < -0.39 is 12.0 Å². The van der Waals surface area contributed by atoms with Crippen molar-refractivity contribution in [2.45, 2.75) is 12.0 Å². The minimum atomic E-state index is -0.716. The molecule has 0 bridgehead atoms. The van der Waals surface area contributed by atoms with E-state index in [2.05, 4.69) is 20.0 Å². The summed E-state index contributed by atoms with van der Waals surface area (Å²) < 4.78 is 0. The first-order valence-electron chi connectivity index (χ1n) is 12.1. The van der Waals surface area contributed by atoms with Gasteiger partial charge in [0, 0.05) is 11.5 Å². The molecule has 0 N–H and O–H groups in total. The van der Waals surface area contributed by atoms with Gasteiger partial charge in [-0.25, -0.2) is 19.2 Å². The molecule has 8 nitrogen and oxygen atoms in total. The number of rotatable bonds is 9. The second-order valence-corrected chi connectivity index (χ2v) is 8.41. The van der Waals surface area contributed by atoms with E-state index in [-0.39, 0.29) is 0 Å². The lowest BCUT2D eigenvalue weighted by atomic mass is 9.84. The van der Waals surface area contributed by atoms with Gasteiger partial charge in [0.05, 0.1) is 17.1 Å². The van der Waals surface area contributed by atoms with Gasteiger partial charge in [0.1, 0.15) is 6.04 Å². The minimum Gasteiger partial charge on any atom is -0.211 e. The Bertz CT molecular complexity index is 1680. The Kier molecular flexibility index (Phi) is 9.25. The Balaban J connectivity index is 1.86. The molecule has 3 aromatic carbocycles. The molecule has 40 heavy (non-hydrogen) atoms. The maximum atomic E-state index is 11.5. The van der Waals surface area contributed by atoms with Gasteiger partial charge in [-0.3, -0.25) is 0 Å². The highest BCUT2D eigenvalue weighted by Crippen LogP contribution is 2.39. The average Bonchev–Trinajstić information content (AvgIpc) is 2.98. The quantitative estimate of drug-likeness (QED) is 0.233. The maximum Gasteiger partial charge on any atom is 0.240 e. The van der Waals surface area contributed by atoms with Crippen molar-refractivity contribution in [3.63, 3.8) is 0 Å². The summed E-state index contributed by atoms with van der Waals surface area (Å²) >= 11 is 0. The summed E-state index contributed by atoms with van der Waals surface area (Å²) in [5, 5.41) is 0. The fourth-order valence-electron chi connectivity index (χ4n) is 4.45. The third-order valence-electron chi connectivity index (χ3n) is 6.18. The first-order chi connectivity index (χ1) is 19.7. The van der Waals surface area contributed by atoms with Gasteiger partial charge in [0.25, 0.3) is 0 Å². The van der Waals surface area contributed by atoms with Crippen LogP contribution in [0.15, 0.2) is 134 Å². The highest BCUT2D eigenvalue weighted by molar-refractivity contribution is 5.69. The number of para-hydroxylation sites is 3. The molecule has 3 aromatic rings. The van der Waals surface area contributed by atoms with Crippen LogP contribution >= 0.6 is 0 Å². The van der Waals surface area contributed by atoms with Crippen molar-refractivity contribution >= 4 is 47.5 Å². The molecular formula is C32H20N4O4. The standard InChI is InChI=1S/C32H20N4O4/c37-19-33-29-13-4-1-8-23(29)16-17-24-9-7-10-25(32(24)36-22-40)18-28(26-11-2-5-14-30(26)34-20-38)27-12-3-6-15-31(27)35-21-39/h1-18,28,32H. The van der Waals surface area contributed by atoms with Crippen LogP contribution < -0.4 is 0 Å². The Hall–Kier alpha value is -5.86. The minimum absolute atomic E-state index is 0.391. The van der Waals surface area contributed by atoms with Gasteiger partial charge in [-0.2, -0.15) is 20.0 Å². The van der Waals surface area contributed by atoms with E-state index in [1.807, 2.05) is 42.5 Å². The van der Waals surface area contributed by atoms with Gasteiger partial charge in [0.15, 0.2) is 0 Å². The lowest BCUT2D eigenvalue weighted by Gasteiger charge is -2.22. The molecule has 0 saturated heterocycles. The van der Waals surface area contributed by atoms with Crippen LogP contribution in [0.4, 0.5) is 17.1 Å². The van der Waals surface area contributed by atoms with Crippen molar-refractivity contribution in [1.29, 1.82) is 0 Å². The zero-order chi connectivity index (χ0) is 28.2. The number of hydrogen-bond acceptors (Lipinski definition) is 8. The van der Waals surface area contributed by atoms with Crippen molar-refractivity contribution in [1.82, 2.24) is 0 Å². The number of allylic oxidation sites excluding steroid dienone is 3. The molecule has 1 aliphatic rings. The fraction of sp³-hybridized carbons (Fsp3) is 0.0625. The van der Waals surface area contributed by atoms with Gasteiger partial charge in [-0.1, -0.05) is 91.1 Å². The van der Waals surface area contributed by atoms with Crippen molar-refractivity contribution in [3.05, 3.63) is 131 Å². The van der Waals surface area contributed by atoms with Crippen LogP contribution in [-0.4, -0.2) is 30.4 Å². The van der Waals surface area contributed by atoms with Gasteiger partial charge < -0.3 is 0 Å². The smallest absolute Gasteiger partial charge is 0.211 e. The summed E-state index contributed by atoms with van der Waals surface area (Å²) in [4.78, 5) is 60.3. The summed E-state index contributed by atoms with van der Waals surface area (Å²) in [5.41, 5.74) is 4.56. The van der Waals surface area contributed by atoms with E-state index in [9.17, 15) is 19.2 Å². The van der Waals surface area contributed by atoms with Gasteiger partial charge in [0.2, 0.25) is 24.3 Å². The number of benzene rings is 3. The van der Waals surface area contributed by atoms with E-state index in [1.54, 1.807) is 91.1 Å². The molecule has 8 heteroatoms. The Morgan fingerprint density at radius 1 is 0.650 bits per heavy atom. The predicted octanol–water partition coefficient (Wildman–Crippen LogP) is 6.56. The Labute approximate surface area is 229 Å². The van der Waals surface area contributed by atoms with E-state index in [1.165, 1.54) is 0 Å². The highest BCUT2D eigenvalue weighted by atomic mass is 16.1. The summed E-state index contributed by atoms with van der Waals surface area (Å²) in [7, 11) is 0. The number of carbonyl (C=O) groups excluding carboxylic acids is 4. The van der Waals surface area contributed by atoms with Gasteiger partial charge in [-0.15, -0.1) is 0 Å². The van der Waals surface area contributed by atoms with Crippen LogP contribution in [0.5, 0.6) is 0 Å². The van der Waals surface area contributed by atoms with E-state index in [0.717, 1.165) is 0 Å². The zero-order valence-electron chi connectivity index (χ0n) is 21.0. The molecule has 0 aliphatic heterocycles. The monoisotopic (exact) mass is 524 g/mol. The third-order valence-corrected chi connectivity index (χ3v) is 6.18. The molecular weight excluding hydrogens is 504 g/mol.